The molecule has 9 rings (SSSR count). The number of furan rings is 1. The van der Waals surface area contributed by atoms with Crippen molar-refractivity contribution in [3.63, 3.8) is 0 Å². The molecular weight excluding hydrogens is 639 g/mol. The Kier molecular flexibility index (Phi) is 7.47. The number of hydrogen-bond donors (Lipinski definition) is 0. The number of hydrogen-bond acceptors (Lipinski definition) is 4. The van der Waals surface area contributed by atoms with Crippen molar-refractivity contribution in [2.75, 3.05) is 0 Å². The highest BCUT2D eigenvalue weighted by Gasteiger charge is 2.20. The standard InChI is InChI=1S/C47H39N3O2/c1-29(2)31-19-21-48-41(23-31)40-27-35(26-39-38-17-15-32(24-44(38)52-46(39)40)30-11-7-6-8-12-30)51-34-16-18-37-36-13-9-10-14-42(36)50(43(37)28-34)45-25-33(20-22-49-45)47(3,4)5/h6-29H,1-5H3. The second-order valence-corrected chi connectivity index (χ2v) is 14.9. The van der Waals surface area contributed by atoms with Crippen molar-refractivity contribution in [1.29, 1.82) is 0 Å². The Morgan fingerprint density at radius 2 is 1.38 bits per heavy atom. The fourth-order valence-corrected chi connectivity index (χ4v) is 7.27. The molecule has 0 aliphatic carbocycles. The van der Waals surface area contributed by atoms with Crippen LogP contribution in [0.5, 0.6) is 11.5 Å². The van der Waals surface area contributed by atoms with Gasteiger partial charge in [0.1, 0.15) is 28.5 Å². The number of para-hydroxylation sites is 1. The monoisotopic (exact) mass is 677 g/mol. The third-order valence-electron chi connectivity index (χ3n) is 10.1. The van der Waals surface area contributed by atoms with Crippen molar-refractivity contribution in [3.8, 4) is 39.7 Å². The van der Waals surface area contributed by atoms with Crippen LogP contribution in [0, 0.1) is 0 Å². The summed E-state index contributed by atoms with van der Waals surface area (Å²) in [5.41, 5.74) is 10.2. The quantitative estimate of drug-likeness (QED) is 0.176. The minimum absolute atomic E-state index is 0.00894. The predicted molar refractivity (Wildman–Crippen MR) is 214 cm³/mol. The summed E-state index contributed by atoms with van der Waals surface area (Å²) in [6.45, 7) is 11.1. The predicted octanol–water partition coefficient (Wildman–Crippen LogP) is 13.0. The fourth-order valence-electron chi connectivity index (χ4n) is 7.27. The average molecular weight is 678 g/mol. The van der Waals surface area contributed by atoms with Crippen LogP contribution in [-0.4, -0.2) is 14.5 Å². The number of aromatic nitrogens is 3. The lowest BCUT2D eigenvalue weighted by Gasteiger charge is -2.20. The van der Waals surface area contributed by atoms with Crippen LogP contribution in [-0.2, 0) is 5.41 Å². The molecule has 5 heteroatoms. The van der Waals surface area contributed by atoms with Crippen molar-refractivity contribution in [1.82, 2.24) is 14.5 Å². The van der Waals surface area contributed by atoms with E-state index < -0.39 is 0 Å². The Morgan fingerprint density at radius 3 is 2.21 bits per heavy atom. The van der Waals surface area contributed by atoms with Crippen LogP contribution in [0.25, 0.3) is 71.9 Å². The van der Waals surface area contributed by atoms with E-state index >= 15 is 0 Å². The normalized spacial score (nSPS) is 12.1. The first kappa shape index (κ1) is 31.8. The smallest absolute Gasteiger partial charge is 0.145 e. The highest BCUT2D eigenvalue weighted by atomic mass is 16.5. The van der Waals surface area contributed by atoms with E-state index in [1.54, 1.807) is 0 Å². The second kappa shape index (κ2) is 12.2. The molecule has 0 atom stereocenters. The lowest BCUT2D eigenvalue weighted by atomic mass is 9.88. The molecule has 5 nitrogen and oxygen atoms in total. The van der Waals surface area contributed by atoms with Crippen molar-refractivity contribution >= 4 is 43.7 Å². The lowest BCUT2D eigenvalue weighted by Crippen LogP contribution is -2.12. The summed E-state index contributed by atoms with van der Waals surface area (Å²) in [4.78, 5) is 9.70. The molecule has 0 N–H and O–H groups in total. The number of fused-ring (bicyclic) bond motifs is 6. The summed E-state index contributed by atoms with van der Waals surface area (Å²) in [6, 6.07) is 44.4. The third kappa shape index (κ3) is 5.50. The van der Waals surface area contributed by atoms with Gasteiger partial charge in [-0.05, 0) is 100 Å². The molecule has 0 saturated heterocycles. The maximum atomic E-state index is 6.81. The first-order valence-corrected chi connectivity index (χ1v) is 17.9. The fraction of sp³-hybridized carbons (Fsp3) is 0.149. The Labute approximate surface area is 303 Å². The van der Waals surface area contributed by atoms with E-state index in [4.69, 9.17) is 19.1 Å². The lowest BCUT2D eigenvalue weighted by molar-refractivity contribution is 0.484. The van der Waals surface area contributed by atoms with Crippen molar-refractivity contribution < 1.29 is 9.15 Å². The molecule has 0 amide bonds. The van der Waals surface area contributed by atoms with Crippen LogP contribution in [0.2, 0.25) is 0 Å². The minimum Gasteiger partial charge on any atom is -0.457 e. The summed E-state index contributed by atoms with van der Waals surface area (Å²) >= 11 is 0. The van der Waals surface area contributed by atoms with Gasteiger partial charge in [0.05, 0.1) is 16.7 Å². The number of ether oxygens (including phenoxy) is 1. The number of pyridine rings is 2. The number of benzene rings is 5. The molecule has 0 spiro atoms. The van der Waals surface area contributed by atoms with E-state index in [1.807, 2.05) is 18.5 Å². The maximum Gasteiger partial charge on any atom is 0.145 e. The molecule has 0 saturated carbocycles. The van der Waals surface area contributed by atoms with Gasteiger partial charge in [0.2, 0.25) is 0 Å². The zero-order valence-corrected chi connectivity index (χ0v) is 30.0. The topological polar surface area (TPSA) is 53.1 Å². The Morgan fingerprint density at radius 1 is 0.615 bits per heavy atom. The summed E-state index contributed by atoms with van der Waals surface area (Å²) < 4.78 is 15.7. The van der Waals surface area contributed by atoms with Crippen LogP contribution in [0.4, 0.5) is 0 Å². The van der Waals surface area contributed by atoms with Gasteiger partial charge in [-0.25, -0.2) is 4.98 Å². The summed E-state index contributed by atoms with van der Waals surface area (Å²) in [7, 11) is 0. The highest BCUT2D eigenvalue weighted by molar-refractivity contribution is 6.11. The van der Waals surface area contributed by atoms with E-state index in [1.165, 1.54) is 16.5 Å². The first-order chi connectivity index (χ1) is 25.2. The van der Waals surface area contributed by atoms with Crippen LogP contribution in [0.15, 0.2) is 144 Å². The van der Waals surface area contributed by atoms with Gasteiger partial charge in [-0.1, -0.05) is 89.2 Å². The summed E-state index contributed by atoms with van der Waals surface area (Å²) in [5, 5.41) is 4.33. The molecule has 4 aromatic heterocycles. The largest absolute Gasteiger partial charge is 0.457 e. The van der Waals surface area contributed by atoms with Gasteiger partial charge in [0.15, 0.2) is 0 Å². The minimum atomic E-state index is -0.00894. The number of nitrogens with zero attached hydrogens (tertiary/aromatic N) is 3. The van der Waals surface area contributed by atoms with E-state index in [9.17, 15) is 0 Å². The molecule has 0 aliphatic heterocycles. The van der Waals surface area contributed by atoms with Crippen LogP contribution in [0.3, 0.4) is 0 Å². The zero-order chi connectivity index (χ0) is 35.6. The SMILES string of the molecule is CC(C)c1ccnc(-c2cc(Oc3ccc4c5ccccc5n(-c5cc(C(C)(C)C)ccn5)c4c3)cc3c2oc2cc(-c4ccccc4)ccc23)c1. The van der Waals surface area contributed by atoms with Gasteiger partial charge in [-0.3, -0.25) is 9.55 Å². The second-order valence-electron chi connectivity index (χ2n) is 14.9. The summed E-state index contributed by atoms with van der Waals surface area (Å²) in [6.07, 6.45) is 3.80. The Balaban J connectivity index is 1.21. The van der Waals surface area contributed by atoms with E-state index in [0.717, 1.165) is 72.3 Å². The van der Waals surface area contributed by atoms with Gasteiger partial charge in [0.25, 0.3) is 0 Å². The zero-order valence-electron chi connectivity index (χ0n) is 30.0. The Hall–Kier alpha value is -6.20. The molecular formula is C47H39N3O2. The van der Waals surface area contributed by atoms with Crippen molar-refractivity contribution in [2.24, 2.45) is 0 Å². The van der Waals surface area contributed by atoms with Crippen molar-refractivity contribution in [2.45, 2.75) is 46.0 Å². The van der Waals surface area contributed by atoms with Gasteiger partial charge in [-0.2, -0.15) is 0 Å². The molecule has 254 valence electrons. The van der Waals surface area contributed by atoms with E-state index in [2.05, 4.69) is 161 Å². The molecule has 0 aliphatic rings. The van der Waals surface area contributed by atoms with Gasteiger partial charge in [0, 0.05) is 45.6 Å². The summed E-state index contributed by atoms with van der Waals surface area (Å²) in [5.74, 6) is 2.69. The van der Waals surface area contributed by atoms with Gasteiger partial charge in [-0.15, -0.1) is 0 Å². The molecule has 52 heavy (non-hydrogen) atoms. The van der Waals surface area contributed by atoms with Crippen LogP contribution in [0.1, 0.15) is 51.7 Å². The average Bonchev–Trinajstić information content (AvgIpc) is 3.69. The molecule has 5 aromatic carbocycles. The van der Waals surface area contributed by atoms with E-state index in [-0.39, 0.29) is 5.41 Å². The van der Waals surface area contributed by atoms with Crippen LogP contribution >= 0.6 is 0 Å². The van der Waals surface area contributed by atoms with E-state index in [0.29, 0.717) is 11.7 Å². The molecule has 0 unspecified atom stereocenters. The van der Waals surface area contributed by atoms with Gasteiger partial charge >= 0.3 is 0 Å². The molecule has 0 bridgehead atoms. The molecule has 0 fully saturated rings. The number of rotatable bonds is 6. The molecule has 9 aromatic rings. The van der Waals surface area contributed by atoms with Crippen molar-refractivity contribution in [3.05, 3.63) is 151 Å². The first-order valence-electron chi connectivity index (χ1n) is 17.9. The van der Waals surface area contributed by atoms with Gasteiger partial charge < -0.3 is 9.15 Å². The third-order valence-corrected chi connectivity index (χ3v) is 10.1. The van der Waals surface area contributed by atoms with Crippen LogP contribution < -0.4 is 4.74 Å². The molecule has 4 heterocycles. The molecule has 0 radical (unpaired) electrons. The highest BCUT2D eigenvalue weighted by Crippen LogP contribution is 2.42. The maximum absolute atomic E-state index is 6.81. The Bertz CT molecular complexity index is 2780.